The third-order valence-corrected chi connectivity index (χ3v) is 13.5. The largest absolute Gasteiger partial charge is 0.309 e. The van der Waals surface area contributed by atoms with Gasteiger partial charge < -0.3 is 4.90 Å². The Morgan fingerprint density at radius 2 is 0.729 bits per heavy atom. The molecule has 9 aromatic rings. The quantitative estimate of drug-likeness (QED) is 0.169. The Bertz CT molecular complexity index is 3060. The van der Waals surface area contributed by atoms with Crippen LogP contribution in [0.15, 0.2) is 212 Å². The summed E-state index contributed by atoms with van der Waals surface area (Å²) in [6, 6.07) is 79.1. The number of rotatable bonds is 5. The summed E-state index contributed by atoms with van der Waals surface area (Å²) >= 11 is 0. The molecule has 1 nitrogen and oxygen atoms in total. The molecule has 0 aromatic heterocycles. The molecule has 1 heteroatoms. The van der Waals surface area contributed by atoms with E-state index in [0.717, 1.165) is 11.4 Å². The van der Waals surface area contributed by atoms with Gasteiger partial charge in [0.2, 0.25) is 0 Å². The Balaban J connectivity index is 1.23. The lowest BCUT2D eigenvalue weighted by atomic mass is 9.69. The Labute approximate surface area is 346 Å². The van der Waals surface area contributed by atoms with E-state index in [9.17, 15) is 0 Å². The summed E-state index contributed by atoms with van der Waals surface area (Å²) in [5, 5.41) is 0. The molecule has 0 aliphatic heterocycles. The summed E-state index contributed by atoms with van der Waals surface area (Å²) < 4.78 is 0. The zero-order chi connectivity index (χ0) is 39.3. The first kappa shape index (κ1) is 33.9. The van der Waals surface area contributed by atoms with Crippen molar-refractivity contribution in [3.05, 3.63) is 246 Å². The van der Waals surface area contributed by atoms with Crippen LogP contribution < -0.4 is 4.90 Å². The molecule has 59 heavy (non-hydrogen) atoms. The molecule has 1 spiro atoms. The average Bonchev–Trinajstić information content (AvgIpc) is 3.86. The van der Waals surface area contributed by atoms with Crippen LogP contribution in [-0.2, 0) is 10.8 Å². The van der Waals surface area contributed by atoms with Crippen LogP contribution in [0, 0.1) is 0 Å². The molecule has 0 unspecified atom stereocenters. The third-order valence-electron chi connectivity index (χ3n) is 13.5. The number of para-hydroxylation sites is 1. The number of fused-ring (bicyclic) bond motifs is 13. The summed E-state index contributed by atoms with van der Waals surface area (Å²) in [6.45, 7) is 4.88. The maximum Gasteiger partial charge on any atom is 0.0726 e. The lowest BCUT2D eigenvalue weighted by Gasteiger charge is -2.34. The van der Waals surface area contributed by atoms with Crippen molar-refractivity contribution in [3.63, 3.8) is 0 Å². The van der Waals surface area contributed by atoms with E-state index in [0.29, 0.717) is 0 Å². The minimum Gasteiger partial charge on any atom is -0.309 e. The fourth-order valence-corrected chi connectivity index (χ4v) is 10.9. The van der Waals surface area contributed by atoms with Crippen LogP contribution >= 0.6 is 0 Å². The molecular weight excluding hydrogens is 711 g/mol. The monoisotopic (exact) mass is 751 g/mol. The van der Waals surface area contributed by atoms with Crippen molar-refractivity contribution in [3.8, 4) is 55.6 Å². The summed E-state index contributed by atoms with van der Waals surface area (Å²) in [4.78, 5) is 2.56. The first-order chi connectivity index (χ1) is 29.0. The summed E-state index contributed by atoms with van der Waals surface area (Å²) in [7, 11) is 0. The van der Waals surface area contributed by atoms with Crippen molar-refractivity contribution < 1.29 is 0 Å². The third kappa shape index (κ3) is 4.67. The fraction of sp³-hybridized carbons (Fsp3) is 0.0690. The van der Waals surface area contributed by atoms with Gasteiger partial charge in [-0.2, -0.15) is 0 Å². The molecule has 0 bridgehead atoms. The van der Waals surface area contributed by atoms with Crippen LogP contribution in [0.1, 0.15) is 47.2 Å². The zero-order valence-electron chi connectivity index (χ0n) is 33.2. The first-order valence-corrected chi connectivity index (χ1v) is 20.8. The molecule has 0 amide bonds. The molecule has 0 atom stereocenters. The molecule has 12 rings (SSSR count). The Morgan fingerprint density at radius 3 is 1.34 bits per heavy atom. The van der Waals surface area contributed by atoms with Crippen molar-refractivity contribution in [2.75, 3.05) is 4.90 Å². The Hall–Kier alpha value is -7.22. The standard InChI is InChI=1S/C58H41N/c1-57(2)51-36-41(39-20-8-4-9-21-39)32-35-47(51)54-52(57)37-53-55(46-26-14-17-29-50(46)58(53)48-27-15-12-24-44(48)45-25-13-16-28-49(45)58)56(54)59(42-22-10-5-11-23-42)43-33-30-40(31-34-43)38-18-6-3-7-19-38/h3-37H,1-2H3. The SMILES string of the molecule is CC1(C)c2cc(-c3ccccc3)ccc2-c2c1cc1c(c2N(c2ccccc2)c2ccc(-c3ccccc3)cc2)-c2ccccc2C12c1ccccc1-c1ccccc12. The van der Waals surface area contributed by atoms with Crippen LogP contribution in [0.25, 0.3) is 55.6 Å². The second-order valence-corrected chi connectivity index (χ2v) is 16.8. The van der Waals surface area contributed by atoms with Gasteiger partial charge >= 0.3 is 0 Å². The highest BCUT2D eigenvalue weighted by atomic mass is 15.1. The van der Waals surface area contributed by atoms with Gasteiger partial charge in [-0.1, -0.05) is 196 Å². The maximum atomic E-state index is 2.62. The second kappa shape index (κ2) is 12.6. The highest BCUT2D eigenvalue weighted by Gasteiger charge is 2.54. The predicted octanol–water partition coefficient (Wildman–Crippen LogP) is 15.1. The van der Waals surface area contributed by atoms with Crippen molar-refractivity contribution >= 4 is 17.1 Å². The van der Waals surface area contributed by atoms with E-state index < -0.39 is 5.41 Å². The molecule has 0 radical (unpaired) electrons. The van der Waals surface area contributed by atoms with Gasteiger partial charge in [-0.3, -0.25) is 0 Å². The van der Waals surface area contributed by atoms with Crippen LogP contribution in [0.2, 0.25) is 0 Å². The first-order valence-electron chi connectivity index (χ1n) is 20.8. The normalized spacial score (nSPS) is 14.2. The number of hydrogen-bond donors (Lipinski definition) is 0. The van der Waals surface area contributed by atoms with E-state index in [1.165, 1.54) is 94.7 Å². The highest BCUT2D eigenvalue weighted by molar-refractivity contribution is 6.08. The van der Waals surface area contributed by atoms with E-state index in [4.69, 9.17) is 0 Å². The van der Waals surface area contributed by atoms with Crippen molar-refractivity contribution in [2.24, 2.45) is 0 Å². The van der Waals surface area contributed by atoms with E-state index in [2.05, 4.69) is 231 Å². The summed E-state index contributed by atoms with van der Waals surface area (Å²) in [6.07, 6.45) is 0. The Morgan fingerprint density at radius 1 is 0.305 bits per heavy atom. The van der Waals surface area contributed by atoms with E-state index in [-0.39, 0.29) is 5.41 Å². The lowest BCUT2D eigenvalue weighted by Crippen LogP contribution is -2.27. The van der Waals surface area contributed by atoms with Gasteiger partial charge in [0.15, 0.2) is 0 Å². The van der Waals surface area contributed by atoms with Crippen molar-refractivity contribution in [2.45, 2.75) is 24.7 Å². The van der Waals surface area contributed by atoms with Gasteiger partial charge in [-0.05, 0) is 108 Å². The van der Waals surface area contributed by atoms with Crippen LogP contribution in [0.3, 0.4) is 0 Å². The lowest BCUT2D eigenvalue weighted by molar-refractivity contribution is 0.657. The van der Waals surface area contributed by atoms with Crippen LogP contribution in [0.5, 0.6) is 0 Å². The maximum absolute atomic E-state index is 2.62. The number of anilines is 3. The molecule has 3 aliphatic rings. The van der Waals surface area contributed by atoms with E-state index in [1.807, 2.05) is 0 Å². The molecule has 278 valence electrons. The molecule has 9 aromatic carbocycles. The zero-order valence-corrected chi connectivity index (χ0v) is 33.2. The predicted molar refractivity (Wildman–Crippen MR) is 246 cm³/mol. The molecule has 0 saturated carbocycles. The number of nitrogens with zero attached hydrogens (tertiary/aromatic N) is 1. The highest BCUT2D eigenvalue weighted by Crippen LogP contribution is 2.68. The van der Waals surface area contributed by atoms with Crippen LogP contribution in [-0.4, -0.2) is 0 Å². The Kier molecular flexibility index (Phi) is 7.26. The number of hydrogen-bond acceptors (Lipinski definition) is 1. The van der Waals surface area contributed by atoms with E-state index in [1.54, 1.807) is 0 Å². The van der Waals surface area contributed by atoms with Crippen molar-refractivity contribution in [1.29, 1.82) is 0 Å². The summed E-state index contributed by atoms with van der Waals surface area (Å²) in [5.41, 5.74) is 23.6. The molecule has 3 aliphatic carbocycles. The summed E-state index contributed by atoms with van der Waals surface area (Å²) in [5.74, 6) is 0. The molecule has 0 fully saturated rings. The van der Waals surface area contributed by atoms with Crippen LogP contribution in [0.4, 0.5) is 17.1 Å². The fourth-order valence-electron chi connectivity index (χ4n) is 10.9. The van der Waals surface area contributed by atoms with Gasteiger partial charge in [0.05, 0.1) is 11.1 Å². The second-order valence-electron chi connectivity index (χ2n) is 16.8. The molecule has 0 heterocycles. The molecule has 0 N–H and O–H groups in total. The molecular formula is C58H41N. The van der Waals surface area contributed by atoms with Gasteiger partial charge in [0, 0.05) is 27.9 Å². The average molecular weight is 752 g/mol. The minimum atomic E-state index is -0.484. The minimum absolute atomic E-state index is 0.285. The van der Waals surface area contributed by atoms with Crippen molar-refractivity contribution in [1.82, 2.24) is 0 Å². The van der Waals surface area contributed by atoms with E-state index >= 15 is 0 Å². The van der Waals surface area contributed by atoms with Gasteiger partial charge in [-0.15, -0.1) is 0 Å². The van der Waals surface area contributed by atoms with Gasteiger partial charge in [0.25, 0.3) is 0 Å². The smallest absolute Gasteiger partial charge is 0.0726 e. The topological polar surface area (TPSA) is 3.24 Å². The molecule has 0 saturated heterocycles. The number of benzene rings is 9. The van der Waals surface area contributed by atoms with Gasteiger partial charge in [0.1, 0.15) is 0 Å². The van der Waals surface area contributed by atoms with Gasteiger partial charge in [-0.25, -0.2) is 0 Å².